The van der Waals surface area contributed by atoms with E-state index in [1.807, 2.05) is 54.6 Å². The minimum atomic E-state index is 0.109. The van der Waals surface area contributed by atoms with Crippen molar-refractivity contribution in [3.8, 4) is 21.7 Å². The van der Waals surface area contributed by atoms with E-state index in [9.17, 15) is 4.79 Å². The van der Waals surface area contributed by atoms with Gasteiger partial charge in [0.25, 0.3) is 0 Å². The lowest BCUT2D eigenvalue weighted by atomic mass is 10.1. The fraction of sp³-hybridized carbons (Fsp3) is 0.200. The molecule has 4 heteroatoms. The molecule has 2 nitrogen and oxygen atoms in total. The summed E-state index contributed by atoms with van der Waals surface area (Å²) in [5.74, 6) is 0.109. The molecule has 2 aromatic carbocycles. The summed E-state index contributed by atoms with van der Waals surface area (Å²) in [6, 6.07) is 17.7. The monoisotopic (exact) mass is 355 g/mol. The van der Waals surface area contributed by atoms with E-state index in [4.69, 9.17) is 11.6 Å². The number of aromatic nitrogens is 1. The van der Waals surface area contributed by atoms with Crippen molar-refractivity contribution in [3.63, 3.8) is 0 Å². The predicted octanol–water partition coefficient (Wildman–Crippen LogP) is 6.50. The SMILES string of the molecule is CCCCC(=O)c1nc(-c2ccccc2Cl)c(-c2ccccc2)s1. The van der Waals surface area contributed by atoms with Gasteiger partial charge in [-0.1, -0.05) is 73.5 Å². The number of ketones is 1. The highest BCUT2D eigenvalue weighted by Crippen LogP contribution is 2.39. The van der Waals surface area contributed by atoms with Crippen LogP contribution in [-0.4, -0.2) is 10.8 Å². The zero-order valence-corrected chi connectivity index (χ0v) is 15.0. The lowest BCUT2D eigenvalue weighted by Gasteiger charge is -2.04. The third-order valence-electron chi connectivity index (χ3n) is 3.79. The number of nitrogens with zero attached hydrogens (tertiary/aromatic N) is 1. The van der Waals surface area contributed by atoms with Crippen molar-refractivity contribution in [2.75, 3.05) is 0 Å². The van der Waals surface area contributed by atoms with Crippen LogP contribution in [0.5, 0.6) is 0 Å². The summed E-state index contributed by atoms with van der Waals surface area (Å²) in [7, 11) is 0. The Morgan fingerprint density at radius 2 is 1.79 bits per heavy atom. The van der Waals surface area contributed by atoms with Gasteiger partial charge in [-0.25, -0.2) is 4.98 Å². The van der Waals surface area contributed by atoms with E-state index in [1.165, 1.54) is 11.3 Å². The fourth-order valence-corrected chi connectivity index (χ4v) is 3.78. The van der Waals surface area contributed by atoms with Crippen LogP contribution >= 0.6 is 22.9 Å². The summed E-state index contributed by atoms with van der Waals surface area (Å²) in [5.41, 5.74) is 2.71. The summed E-state index contributed by atoms with van der Waals surface area (Å²) in [6.07, 6.45) is 2.43. The molecule has 122 valence electrons. The first kappa shape index (κ1) is 16.9. The van der Waals surface area contributed by atoms with Crippen LogP contribution in [0.3, 0.4) is 0 Å². The van der Waals surface area contributed by atoms with Crippen LogP contribution in [0.25, 0.3) is 21.7 Å². The van der Waals surface area contributed by atoms with E-state index in [0.717, 1.165) is 34.5 Å². The van der Waals surface area contributed by atoms with E-state index in [2.05, 4.69) is 11.9 Å². The van der Waals surface area contributed by atoms with Crippen LogP contribution < -0.4 is 0 Å². The zero-order valence-electron chi connectivity index (χ0n) is 13.5. The Hall–Kier alpha value is -1.97. The van der Waals surface area contributed by atoms with Crippen LogP contribution in [0.2, 0.25) is 5.02 Å². The number of benzene rings is 2. The molecule has 0 aliphatic rings. The molecular formula is C20H18ClNOS. The van der Waals surface area contributed by atoms with Gasteiger partial charge in [-0.15, -0.1) is 11.3 Å². The average Bonchev–Trinajstić information content (AvgIpc) is 3.06. The Morgan fingerprint density at radius 3 is 2.50 bits per heavy atom. The maximum atomic E-state index is 12.4. The Labute approximate surface area is 151 Å². The van der Waals surface area contributed by atoms with Gasteiger partial charge in [0.2, 0.25) is 0 Å². The number of hydrogen-bond acceptors (Lipinski definition) is 3. The number of carbonyl (C=O) groups is 1. The van der Waals surface area contributed by atoms with E-state index in [1.54, 1.807) is 0 Å². The summed E-state index contributed by atoms with van der Waals surface area (Å²) < 4.78 is 0. The van der Waals surface area contributed by atoms with Gasteiger partial charge in [0.1, 0.15) is 0 Å². The van der Waals surface area contributed by atoms with Gasteiger partial charge in [-0.2, -0.15) is 0 Å². The molecule has 0 unspecified atom stereocenters. The van der Waals surface area contributed by atoms with Crippen LogP contribution in [0.4, 0.5) is 0 Å². The second-order valence-corrected chi connectivity index (χ2v) is 6.98. The first-order chi connectivity index (χ1) is 11.7. The second kappa shape index (κ2) is 7.73. The molecule has 0 amide bonds. The standard InChI is InChI=1S/C20H18ClNOS/c1-2-3-13-17(23)20-22-18(15-11-7-8-12-16(15)21)19(24-20)14-9-5-4-6-10-14/h4-12H,2-3,13H2,1H3. The number of rotatable bonds is 6. The highest BCUT2D eigenvalue weighted by molar-refractivity contribution is 7.17. The van der Waals surface area contributed by atoms with Crippen LogP contribution in [0.1, 0.15) is 36.0 Å². The van der Waals surface area contributed by atoms with Crippen LogP contribution in [0.15, 0.2) is 54.6 Å². The van der Waals surface area contributed by atoms with Crippen molar-refractivity contribution in [1.29, 1.82) is 0 Å². The van der Waals surface area contributed by atoms with Crippen molar-refractivity contribution < 1.29 is 4.79 Å². The molecule has 0 saturated heterocycles. The number of carbonyl (C=O) groups excluding carboxylic acids is 1. The predicted molar refractivity (Wildman–Crippen MR) is 102 cm³/mol. The third-order valence-corrected chi connectivity index (χ3v) is 5.26. The van der Waals surface area contributed by atoms with Crippen molar-refractivity contribution in [1.82, 2.24) is 4.98 Å². The molecule has 0 saturated carbocycles. The number of thiazole rings is 1. The largest absolute Gasteiger partial charge is 0.292 e. The van der Waals surface area contributed by atoms with Gasteiger partial charge in [-0.05, 0) is 18.1 Å². The molecule has 24 heavy (non-hydrogen) atoms. The van der Waals surface area contributed by atoms with Gasteiger partial charge in [0.15, 0.2) is 10.8 Å². The molecule has 3 aromatic rings. The second-order valence-electron chi connectivity index (χ2n) is 5.57. The van der Waals surface area contributed by atoms with Crippen LogP contribution in [0, 0.1) is 0 Å². The molecule has 0 aliphatic carbocycles. The molecule has 0 atom stereocenters. The normalized spacial score (nSPS) is 10.8. The molecule has 0 bridgehead atoms. The minimum absolute atomic E-state index is 0.109. The van der Waals surface area contributed by atoms with Gasteiger partial charge in [0.05, 0.1) is 15.6 Å². The third kappa shape index (κ3) is 3.58. The van der Waals surface area contributed by atoms with Gasteiger partial charge >= 0.3 is 0 Å². The highest BCUT2D eigenvalue weighted by atomic mass is 35.5. The van der Waals surface area contributed by atoms with E-state index in [-0.39, 0.29) is 5.78 Å². The molecule has 0 fully saturated rings. The Morgan fingerprint density at radius 1 is 1.08 bits per heavy atom. The fourth-order valence-electron chi connectivity index (χ4n) is 2.50. The summed E-state index contributed by atoms with van der Waals surface area (Å²) in [6.45, 7) is 2.08. The number of hydrogen-bond donors (Lipinski definition) is 0. The highest BCUT2D eigenvalue weighted by Gasteiger charge is 2.20. The number of halogens is 1. The van der Waals surface area contributed by atoms with Crippen LogP contribution in [-0.2, 0) is 0 Å². The Kier molecular flexibility index (Phi) is 5.44. The molecule has 0 N–H and O–H groups in total. The summed E-state index contributed by atoms with van der Waals surface area (Å²) in [4.78, 5) is 18.1. The minimum Gasteiger partial charge on any atom is -0.292 e. The molecule has 0 aliphatic heterocycles. The van der Waals surface area contributed by atoms with Crippen molar-refractivity contribution in [3.05, 3.63) is 64.6 Å². The molecular weight excluding hydrogens is 338 g/mol. The summed E-state index contributed by atoms with van der Waals surface area (Å²) >= 11 is 7.83. The molecule has 1 aromatic heterocycles. The average molecular weight is 356 g/mol. The first-order valence-corrected chi connectivity index (χ1v) is 9.24. The van der Waals surface area contributed by atoms with E-state index >= 15 is 0 Å². The van der Waals surface area contributed by atoms with Gasteiger partial charge in [0, 0.05) is 12.0 Å². The Bertz CT molecular complexity index is 842. The zero-order chi connectivity index (χ0) is 16.9. The number of Topliss-reactive ketones (excluding diaryl/α,β-unsaturated/α-hetero) is 1. The van der Waals surface area contributed by atoms with Crippen molar-refractivity contribution in [2.45, 2.75) is 26.2 Å². The quantitative estimate of drug-likeness (QED) is 0.472. The summed E-state index contributed by atoms with van der Waals surface area (Å²) in [5, 5.41) is 1.21. The molecule has 3 rings (SSSR count). The van der Waals surface area contributed by atoms with E-state index in [0.29, 0.717) is 16.5 Å². The molecule has 0 radical (unpaired) electrons. The number of unbranched alkanes of at least 4 members (excludes halogenated alkanes) is 1. The maximum Gasteiger partial charge on any atom is 0.191 e. The van der Waals surface area contributed by atoms with Crippen molar-refractivity contribution >= 4 is 28.7 Å². The van der Waals surface area contributed by atoms with E-state index < -0.39 is 0 Å². The smallest absolute Gasteiger partial charge is 0.191 e. The molecule has 1 heterocycles. The molecule has 0 spiro atoms. The van der Waals surface area contributed by atoms with Gasteiger partial charge < -0.3 is 0 Å². The first-order valence-electron chi connectivity index (χ1n) is 8.05. The lowest BCUT2D eigenvalue weighted by Crippen LogP contribution is -1.97. The maximum absolute atomic E-state index is 12.4. The van der Waals surface area contributed by atoms with Crippen molar-refractivity contribution in [2.24, 2.45) is 0 Å². The lowest BCUT2D eigenvalue weighted by molar-refractivity contribution is 0.0979. The Balaban J connectivity index is 2.11. The topological polar surface area (TPSA) is 30.0 Å². The van der Waals surface area contributed by atoms with Gasteiger partial charge in [-0.3, -0.25) is 4.79 Å².